The summed E-state index contributed by atoms with van der Waals surface area (Å²) in [6.07, 6.45) is 6.98. The third-order valence-electron chi connectivity index (χ3n) is 4.94. The summed E-state index contributed by atoms with van der Waals surface area (Å²) < 4.78 is 7.01. The van der Waals surface area contributed by atoms with Gasteiger partial charge in [0.1, 0.15) is 5.75 Å². The van der Waals surface area contributed by atoms with Crippen molar-refractivity contribution in [1.29, 1.82) is 0 Å². The predicted octanol–water partition coefficient (Wildman–Crippen LogP) is 0.868. The molecule has 2 N–H and O–H groups in total. The van der Waals surface area contributed by atoms with Gasteiger partial charge in [-0.15, -0.1) is 0 Å². The summed E-state index contributed by atoms with van der Waals surface area (Å²) in [6, 6.07) is 6.39. The summed E-state index contributed by atoms with van der Waals surface area (Å²) in [6.45, 7) is 0.164. The molecule has 0 radical (unpaired) electrons. The zero-order chi connectivity index (χ0) is 20.4. The number of ether oxygens (including phenoxy) is 1. The maximum Gasteiger partial charge on any atom is 0.341 e. The zero-order valence-corrected chi connectivity index (χ0v) is 15.5. The van der Waals surface area contributed by atoms with Gasteiger partial charge in [0.25, 0.3) is 5.91 Å². The number of hydrogen-bond acceptors (Lipinski definition) is 6. The molecule has 2 aromatic heterocycles. The number of benzene rings is 1. The van der Waals surface area contributed by atoms with E-state index in [0.29, 0.717) is 24.3 Å². The number of aliphatic hydroxyl groups is 1. The largest absolute Gasteiger partial charge is 0.482 e. The minimum Gasteiger partial charge on any atom is -0.482 e. The summed E-state index contributed by atoms with van der Waals surface area (Å²) in [7, 11) is 0. The van der Waals surface area contributed by atoms with Crippen molar-refractivity contribution in [2.45, 2.75) is 12.5 Å². The number of imidazole rings is 1. The lowest BCUT2D eigenvalue weighted by Crippen LogP contribution is -2.29. The van der Waals surface area contributed by atoms with Gasteiger partial charge in [-0.25, -0.2) is 9.78 Å². The van der Waals surface area contributed by atoms with Crippen molar-refractivity contribution in [2.24, 2.45) is 5.92 Å². The summed E-state index contributed by atoms with van der Waals surface area (Å²) in [5, 5.41) is 19.2. The molecule has 4 rings (SSSR count). The van der Waals surface area contributed by atoms with Gasteiger partial charge in [-0.05, 0) is 24.6 Å². The number of rotatable bonds is 6. The number of hydrogen-bond donors (Lipinski definition) is 2. The molecule has 0 aliphatic carbocycles. The lowest BCUT2D eigenvalue weighted by molar-refractivity contribution is -0.139. The highest BCUT2D eigenvalue weighted by Crippen LogP contribution is 2.24. The number of aliphatic hydroxyl groups excluding tert-OH is 1. The zero-order valence-electron chi connectivity index (χ0n) is 15.5. The Labute approximate surface area is 166 Å². The van der Waals surface area contributed by atoms with Crippen molar-refractivity contribution in [3.05, 3.63) is 60.3 Å². The summed E-state index contributed by atoms with van der Waals surface area (Å²) in [5.41, 5.74) is 1.96. The first-order valence-electron chi connectivity index (χ1n) is 9.19. The van der Waals surface area contributed by atoms with Crippen LogP contribution in [0.5, 0.6) is 5.75 Å². The first-order chi connectivity index (χ1) is 14.0. The molecule has 1 aliphatic rings. The van der Waals surface area contributed by atoms with Crippen molar-refractivity contribution in [3.8, 4) is 5.75 Å². The molecule has 9 nitrogen and oxygen atoms in total. The van der Waals surface area contributed by atoms with Crippen molar-refractivity contribution in [1.82, 2.24) is 19.3 Å². The standard InChI is InChI=1S/C20H20N4O5/c25-17-11-24(20(28)13-2-1-3-16(7-13)29-12-19(26)27)9-14(17)6-15-10-23-5-4-21-18(23)8-22-15/h1-5,7-8,10,14,17,25H,6,9,11-12H2,(H,26,27)/t14-,17+/m1/s1. The SMILES string of the molecule is O=C(O)COc1cccc(C(=O)N2C[C@@H](Cc3cn4ccnc4cn3)[C@@H](O)C2)c1. The van der Waals surface area contributed by atoms with E-state index in [1.807, 2.05) is 16.8 Å². The molecule has 0 unspecified atom stereocenters. The smallest absolute Gasteiger partial charge is 0.341 e. The molecule has 3 heterocycles. The Morgan fingerprint density at radius 2 is 2.10 bits per heavy atom. The molecular weight excluding hydrogens is 376 g/mol. The fraction of sp³-hybridized carbons (Fsp3) is 0.300. The van der Waals surface area contributed by atoms with Crippen LogP contribution in [0, 0.1) is 5.92 Å². The van der Waals surface area contributed by atoms with Gasteiger partial charge in [-0.2, -0.15) is 0 Å². The van der Waals surface area contributed by atoms with E-state index in [1.165, 1.54) is 6.07 Å². The molecule has 1 aromatic carbocycles. The van der Waals surface area contributed by atoms with Crippen LogP contribution in [0.4, 0.5) is 0 Å². The molecule has 1 saturated heterocycles. The van der Waals surface area contributed by atoms with Gasteiger partial charge in [0.2, 0.25) is 0 Å². The number of carbonyl (C=O) groups is 2. The van der Waals surface area contributed by atoms with Crippen LogP contribution in [0.3, 0.4) is 0 Å². The topological polar surface area (TPSA) is 117 Å². The van der Waals surface area contributed by atoms with Crippen LogP contribution in [0.1, 0.15) is 16.1 Å². The quantitative estimate of drug-likeness (QED) is 0.635. The van der Waals surface area contributed by atoms with Crippen LogP contribution in [-0.4, -0.2) is 67.2 Å². The van der Waals surface area contributed by atoms with E-state index in [1.54, 1.807) is 35.5 Å². The van der Waals surface area contributed by atoms with E-state index in [4.69, 9.17) is 9.84 Å². The fourth-order valence-electron chi connectivity index (χ4n) is 3.51. The second-order valence-corrected chi connectivity index (χ2v) is 7.02. The Kier molecular flexibility index (Phi) is 5.13. The van der Waals surface area contributed by atoms with E-state index < -0.39 is 18.7 Å². The van der Waals surface area contributed by atoms with E-state index in [9.17, 15) is 14.7 Å². The number of fused-ring (bicyclic) bond motifs is 1. The number of aromatic nitrogens is 3. The Morgan fingerprint density at radius 1 is 1.24 bits per heavy atom. The Bertz CT molecular complexity index is 1050. The van der Waals surface area contributed by atoms with Crippen LogP contribution in [0.25, 0.3) is 5.65 Å². The van der Waals surface area contributed by atoms with Gasteiger partial charge < -0.3 is 24.3 Å². The number of β-amino-alcohol motifs (C(OH)–C–C–N with tert-alkyl or cyclic N) is 1. The number of likely N-dealkylation sites (tertiary alicyclic amines) is 1. The van der Waals surface area contributed by atoms with E-state index >= 15 is 0 Å². The van der Waals surface area contributed by atoms with Gasteiger partial charge in [-0.1, -0.05) is 6.07 Å². The molecule has 0 spiro atoms. The molecule has 1 fully saturated rings. The predicted molar refractivity (Wildman–Crippen MR) is 102 cm³/mol. The lowest BCUT2D eigenvalue weighted by atomic mass is 10.0. The Hall–Kier alpha value is -3.46. The van der Waals surface area contributed by atoms with Gasteiger partial charge in [-0.3, -0.25) is 9.78 Å². The normalized spacial score (nSPS) is 18.9. The molecule has 29 heavy (non-hydrogen) atoms. The summed E-state index contributed by atoms with van der Waals surface area (Å²) in [4.78, 5) is 33.6. The Balaban J connectivity index is 1.43. The number of carbonyl (C=O) groups excluding carboxylic acids is 1. The van der Waals surface area contributed by atoms with Crippen LogP contribution >= 0.6 is 0 Å². The monoisotopic (exact) mass is 396 g/mol. The molecule has 3 aromatic rings. The molecule has 2 atom stereocenters. The van der Waals surface area contributed by atoms with Gasteiger partial charge >= 0.3 is 5.97 Å². The average molecular weight is 396 g/mol. The number of carboxylic acids is 1. The van der Waals surface area contributed by atoms with Crippen molar-refractivity contribution in [3.63, 3.8) is 0 Å². The van der Waals surface area contributed by atoms with E-state index in [2.05, 4.69) is 9.97 Å². The molecule has 150 valence electrons. The van der Waals surface area contributed by atoms with E-state index in [0.717, 1.165) is 11.3 Å². The number of aliphatic carboxylic acids is 1. The minimum atomic E-state index is -1.09. The highest BCUT2D eigenvalue weighted by molar-refractivity contribution is 5.94. The highest BCUT2D eigenvalue weighted by atomic mass is 16.5. The average Bonchev–Trinajstić information content (AvgIpc) is 3.32. The number of amides is 1. The summed E-state index contributed by atoms with van der Waals surface area (Å²) >= 11 is 0. The molecule has 1 amide bonds. The van der Waals surface area contributed by atoms with Crippen LogP contribution in [-0.2, 0) is 11.2 Å². The van der Waals surface area contributed by atoms with Crippen molar-refractivity contribution in [2.75, 3.05) is 19.7 Å². The van der Waals surface area contributed by atoms with Crippen LogP contribution < -0.4 is 4.74 Å². The second-order valence-electron chi connectivity index (χ2n) is 7.02. The molecule has 1 aliphatic heterocycles. The molecular formula is C20H20N4O5. The minimum absolute atomic E-state index is 0.126. The van der Waals surface area contributed by atoms with Crippen molar-refractivity contribution < 1.29 is 24.5 Å². The fourth-order valence-corrected chi connectivity index (χ4v) is 3.51. The van der Waals surface area contributed by atoms with Crippen molar-refractivity contribution >= 4 is 17.5 Å². The molecule has 0 saturated carbocycles. The summed E-state index contributed by atoms with van der Waals surface area (Å²) in [5.74, 6) is -1.13. The number of nitrogens with zero attached hydrogens (tertiary/aromatic N) is 4. The lowest BCUT2D eigenvalue weighted by Gasteiger charge is -2.16. The Morgan fingerprint density at radius 3 is 2.93 bits per heavy atom. The van der Waals surface area contributed by atoms with Crippen LogP contribution in [0.2, 0.25) is 0 Å². The third-order valence-corrected chi connectivity index (χ3v) is 4.94. The maximum absolute atomic E-state index is 12.8. The van der Waals surface area contributed by atoms with Crippen LogP contribution in [0.15, 0.2) is 49.1 Å². The van der Waals surface area contributed by atoms with Gasteiger partial charge in [0, 0.05) is 43.2 Å². The first-order valence-corrected chi connectivity index (χ1v) is 9.19. The molecule has 0 bridgehead atoms. The number of carboxylic acid groups (broad SMARTS) is 1. The highest BCUT2D eigenvalue weighted by Gasteiger charge is 2.34. The first kappa shape index (κ1) is 18.9. The van der Waals surface area contributed by atoms with Gasteiger partial charge in [0.05, 0.1) is 18.0 Å². The molecule has 9 heteroatoms. The third kappa shape index (κ3) is 4.19. The second kappa shape index (κ2) is 7.88. The van der Waals surface area contributed by atoms with E-state index in [-0.39, 0.29) is 18.4 Å². The van der Waals surface area contributed by atoms with Gasteiger partial charge in [0.15, 0.2) is 12.3 Å². The maximum atomic E-state index is 12.8.